The van der Waals surface area contributed by atoms with Crippen molar-refractivity contribution in [3.8, 4) is 0 Å². The predicted octanol–water partition coefficient (Wildman–Crippen LogP) is 0.541. The van der Waals surface area contributed by atoms with Crippen LogP contribution in [-0.2, 0) is 9.59 Å². The van der Waals surface area contributed by atoms with E-state index in [-0.39, 0.29) is 17.9 Å². The van der Waals surface area contributed by atoms with Crippen molar-refractivity contribution >= 4 is 24.4 Å². The molecule has 5 nitrogen and oxygen atoms in total. The third kappa shape index (κ3) is 3.67. The Hall–Kier alpha value is -0.750. The van der Waals surface area contributed by atoms with Gasteiger partial charge in [-0.1, -0.05) is 32.1 Å². The Morgan fingerprint density at radius 2 is 2.10 bits per heavy atom. The summed E-state index contributed by atoms with van der Waals surface area (Å²) in [5, 5.41) is 2.87. The van der Waals surface area contributed by atoms with Gasteiger partial charge >= 0.3 is 0 Å². The average molecular weight is 299 g/mol. The van der Waals surface area contributed by atoms with E-state index in [0.29, 0.717) is 24.8 Å². The summed E-state index contributed by atoms with van der Waals surface area (Å²) in [7, 11) is 0. The number of carbonyl (C=O) groups is 2. The number of hydrogen-bond donors (Lipinski definition) is 3. The fourth-order valence-electron chi connectivity index (χ4n) is 3.24. The monoisotopic (exact) mass is 299 g/mol. The van der Waals surface area contributed by atoms with Crippen LogP contribution in [0.3, 0.4) is 0 Å². The third-order valence-corrected chi connectivity index (χ3v) is 4.80. The molecular formula is C14H25N3O2S. The Kier molecular flexibility index (Phi) is 5.72. The molecule has 1 aliphatic heterocycles. The maximum atomic E-state index is 12.3. The molecular weight excluding hydrogens is 274 g/mol. The SMILES string of the molecule is N[C@@H](CS)C(=O)N1CCNC(=O)[C@@H]1CC1CCCCC1. The van der Waals surface area contributed by atoms with Crippen LogP contribution in [-0.4, -0.2) is 47.6 Å². The minimum Gasteiger partial charge on any atom is -0.353 e. The lowest BCUT2D eigenvalue weighted by Gasteiger charge is -2.38. The van der Waals surface area contributed by atoms with Crippen LogP contribution in [0.25, 0.3) is 0 Å². The minimum absolute atomic E-state index is 0.0264. The van der Waals surface area contributed by atoms with Gasteiger partial charge in [-0.25, -0.2) is 0 Å². The first-order chi connectivity index (χ1) is 9.63. The first kappa shape index (κ1) is 15.6. The normalized spacial score (nSPS) is 26.2. The Morgan fingerprint density at radius 1 is 1.40 bits per heavy atom. The van der Waals surface area contributed by atoms with E-state index < -0.39 is 6.04 Å². The van der Waals surface area contributed by atoms with Crippen LogP contribution < -0.4 is 11.1 Å². The molecule has 1 saturated heterocycles. The predicted molar refractivity (Wildman–Crippen MR) is 81.5 cm³/mol. The Balaban J connectivity index is 2.03. The van der Waals surface area contributed by atoms with Crippen LogP contribution in [0.15, 0.2) is 0 Å². The summed E-state index contributed by atoms with van der Waals surface area (Å²) in [5.41, 5.74) is 5.79. The number of nitrogens with one attached hydrogen (secondary N) is 1. The molecule has 0 aromatic heterocycles. The van der Waals surface area contributed by atoms with Crippen molar-refractivity contribution in [2.45, 2.75) is 50.6 Å². The largest absolute Gasteiger partial charge is 0.353 e. The first-order valence-corrected chi connectivity index (χ1v) is 8.21. The molecule has 2 aliphatic rings. The highest BCUT2D eigenvalue weighted by Gasteiger charge is 2.36. The summed E-state index contributed by atoms with van der Waals surface area (Å²) in [4.78, 5) is 26.1. The fourth-order valence-corrected chi connectivity index (χ4v) is 3.40. The zero-order valence-corrected chi connectivity index (χ0v) is 12.8. The molecule has 1 aliphatic carbocycles. The van der Waals surface area contributed by atoms with Crippen LogP contribution in [0, 0.1) is 5.92 Å². The van der Waals surface area contributed by atoms with Gasteiger partial charge in [0.2, 0.25) is 11.8 Å². The van der Waals surface area contributed by atoms with Gasteiger partial charge in [-0.15, -0.1) is 0 Å². The first-order valence-electron chi connectivity index (χ1n) is 7.58. The lowest BCUT2D eigenvalue weighted by molar-refractivity contribution is -0.144. The molecule has 2 atom stereocenters. The van der Waals surface area contributed by atoms with E-state index in [9.17, 15) is 9.59 Å². The summed E-state index contributed by atoms with van der Waals surface area (Å²) in [5.74, 6) is 0.699. The van der Waals surface area contributed by atoms with Gasteiger partial charge in [-0.2, -0.15) is 12.6 Å². The van der Waals surface area contributed by atoms with Gasteiger partial charge in [0.25, 0.3) is 0 Å². The fraction of sp³-hybridized carbons (Fsp3) is 0.857. The van der Waals surface area contributed by atoms with Gasteiger partial charge in [0, 0.05) is 18.8 Å². The number of thiol groups is 1. The standard InChI is InChI=1S/C14H25N3O2S/c15-11(9-20)14(19)17-7-6-16-13(18)12(17)8-10-4-2-1-3-5-10/h10-12,20H,1-9,15H2,(H,16,18)/t11-,12-/m0/s1. The van der Waals surface area contributed by atoms with Gasteiger partial charge in [0.15, 0.2) is 0 Å². The Bertz CT molecular complexity index is 358. The zero-order chi connectivity index (χ0) is 14.5. The van der Waals surface area contributed by atoms with Gasteiger partial charge < -0.3 is 16.0 Å². The molecule has 1 saturated carbocycles. The molecule has 2 amide bonds. The van der Waals surface area contributed by atoms with Crippen molar-refractivity contribution in [3.63, 3.8) is 0 Å². The highest BCUT2D eigenvalue weighted by molar-refractivity contribution is 7.80. The number of rotatable bonds is 4. The molecule has 6 heteroatoms. The molecule has 2 fully saturated rings. The van der Waals surface area contributed by atoms with Crippen molar-refractivity contribution in [1.82, 2.24) is 10.2 Å². The zero-order valence-electron chi connectivity index (χ0n) is 11.9. The van der Waals surface area contributed by atoms with Crippen LogP contribution >= 0.6 is 12.6 Å². The van der Waals surface area contributed by atoms with Gasteiger partial charge in [0.1, 0.15) is 6.04 Å². The molecule has 20 heavy (non-hydrogen) atoms. The Morgan fingerprint density at radius 3 is 2.75 bits per heavy atom. The topological polar surface area (TPSA) is 75.4 Å². The molecule has 0 bridgehead atoms. The van der Waals surface area contributed by atoms with Crippen molar-refractivity contribution in [3.05, 3.63) is 0 Å². The quantitative estimate of drug-likeness (QED) is 0.663. The summed E-state index contributed by atoms with van der Waals surface area (Å²) in [6.07, 6.45) is 6.89. The number of amides is 2. The van der Waals surface area contributed by atoms with E-state index in [0.717, 1.165) is 6.42 Å². The highest BCUT2D eigenvalue weighted by Crippen LogP contribution is 2.29. The van der Waals surface area contributed by atoms with Crippen molar-refractivity contribution in [2.75, 3.05) is 18.8 Å². The molecule has 114 valence electrons. The van der Waals surface area contributed by atoms with E-state index in [1.165, 1.54) is 32.1 Å². The third-order valence-electron chi connectivity index (χ3n) is 4.41. The van der Waals surface area contributed by atoms with Crippen molar-refractivity contribution in [2.24, 2.45) is 11.7 Å². The summed E-state index contributed by atoms with van der Waals surface area (Å²) >= 11 is 4.08. The Labute approximate surface area is 126 Å². The van der Waals surface area contributed by atoms with Crippen molar-refractivity contribution < 1.29 is 9.59 Å². The minimum atomic E-state index is -0.613. The molecule has 0 aromatic rings. The number of nitrogens with two attached hydrogens (primary N) is 1. The number of piperazine rings is 1. The summed E-state index contributed by atoms with van der Waals surface area (Å²) in [6, 6.07) is -0.955. The molecule has 1 heterocycles. The second kappa shape index (κ2) is 7.31. The average Bonchev–Trinajstić information content (AvgIpc) is 2.49. The maximum absolute atomic E-state index is 12.3. The smallest absolute Gasteiger partial charge is 0.242 e. The molecule has 0 spiro atoms. The second-order valence-corrected chi connectivity index (χ2v) is 6.23. The lowest BCUT2D eigenvalue weighted by Crippen LogP contribution is -2.60. The van der Waals surface area contributed by atoms with Crippen molar-refractivity contribution in [1.29, 1.82) is 0 Å². The highest BCUT2D eigenvalue weighted by atomic mass is 32.1. The lowest BCUT2D eigenvalue weighted by atomic mass is 9.84. The van der Waals surface area contributed by atoms with E-state index in [2.05, 4.69) is 17.9 Å². The second-order valence-electron chi connectivity index (χ2n) is 5.87. The van der Waals surface area contributed by atoms with Crippen LogP contribution in [0.4, 0.5) is 0 Å². The van der Waals surface area contributed by atoms with Crippen LogP contribution in [0.1, 0.15) is 38.5 Å². The van der Waals surface area contributed by atoms with Crippen LogP contribution in [0.5, 0.6) is 0 Å². The van der Waals surface area contributed by atoms with Gasteiger partial charge in [0.05, 0.1) is 6.04 Å². The summed E-state index contributed by atoms with van der Waals surface area (Å²) in [6.45, 7) is 1.08. The van der Waals surface area contributed by atoms with E-state index in [4.69, 9.17) is 5.73 Å². The molecule has 0 unspecified atom stereocenters. The van der Waals surface area contributed by atoms with Gasteiger partial charge in [-0.3, -0.25) is 9.59 Å². The van der Waals surface area contributed by atoms with E-state index in [1.807, 2.05) is 0 Å². The van der Waals surface area contributed by atoms with Gasteiger partial charge in [-0.05, 0) is 12.3 Å². The maximum Gasteiger partial charge on any atom is 0.242 e. The summed E-state index contributed by atoms with van der Waals surface area (Å²) < 4.78 is 0. The molecule has 0 aromatic carbocycles. The van der Waals surface area contributed by atoms with Crippen LogP contribution in [0.2, 0.25) is 0 Å². The molecule has 3 N–H and O–H groups in total. The number of hydrogen-bond acceptors (Lipinski definition) is 4. The molecule has 2 rings (SSSR count). The van der Waals surface area contributed by atoms with E-state index >= 15 is 0 Å². The van der Waals surface area contributed by atoms with E-state index in [1.54, 1.807) is 4.90 Å². The number of nitrogens with zero attached hydrogens (tertiary/aromatic N) is 1. The molecule has 0 radical (unpaired) electrons. The number of carbonyl (C=O) groups excluding carboxylic acids is 2.